The van der Waals surface area contributed by atoms with Crippen LogP contribution < -0.4 is 16.4 Å². The van der Waals surface area contributed by atoms with Crippen LogP contribution in [0.3, 0.4) is 0 Å². The first-order valence-corrected chi connectivity index (χ1v) is 18.7. The van der Waals surface area contributed by atoms with E-state index in [0.29, 0.717) is 38.9 Å². The van der Waals surface area contributed by atoms with Gasteiger partial charge in [-0.25, -0.2) is 19.2 Å². The van der Waals surface area contributed by atoms with Crippen LogP contribution in [0.1, 0.15) is 126 Å². The van der Waals surface area contributed by atoms with E-state index in [1.807, 2.05) is 29.2 Å². The molecule has 15 heteroatoms. The minimum atomic E-state index is -1.34. The number of benzene rings is 1. The molecular formula is C37H61BrN4O10. The number of urea groups is 1. The van der Waals surface area contributed by atoms with Crippen molar-refractivity contribution in [3.8, 4) is 0 Å². The Hall–Kier alpha value is -3.27. The standard InChI is InChI=1S/C37H61BrN4O10/c1-35(2,3)48-32(45)28(15-12-14-24-42(30(43)16-11-10-13-23-39)25-26-17-19-27(38)20-18-26)40-34(47)41-29(33(46)50-52-37(7,8)9)21-22-31(44)49-51-36(4,5)6/h17-20,28-29H,10-16,21-25,39H2,1-9H3,(H2,40,41,47)/t28-,29-/m0/s1. The highest BCUT2D eigenvalue weighted by Crippen LogP contribution is 2.17. The lowest BCUT2D eigenvalue weighted by atomic mass is 10.1. The van der Waals surface area contributed by atoms with Crippen LogP contribution in [0.2, 0.25) is 0 Å². The topological polar surface area (TPSA) is 185 Å². The fourth-order valence-corrected chi connectivity index (χ4v) is 4.70. The Balaban J connectivity index is 3.02. The molecule has 2 atom stereocenters. The second-order valence-electron chi connectivity index (χ2n) is 15.6. The highest BCUT2D eigenvalue weighted by Gasteiger charge is 2.31. The van der Waals surface area contributed by atoms with Crippen LogP contribution in [0, 0.1) is 0 Å². The third-order valence-corrected chi connectivity index (χ3v) is 7.42. The molecule has 0 spiro atoms. The van der Waals surface area contributed by atoms with Gasteiger partial charge in [-0.3, -0.25) is 14.6 Å². The Morgan fingerprint density at radius 2 is 1.29 bits per heavy atom. The van der Waals surface area contributed by atoms with Crippen molar-refractivity contribution in [1.29, 1.82) is 0 Å². The second kappa shape index (κ2) is 22.7. The zero-order valence-electron chi connectivity index (χ0n) is 32.4. The van der Waals surface area contributed by atoms with E-state index in [-0.39, 0.29) is 25.2 Å². The van der Waals surface area contributed by atoms with E-state index in [2.05, 4.69) is 26.6 Å². The summed E-state index contributed by atoms with van der Waals surface area (Å²) in [5, 5.41) is 5.10. The molecule has 0 saturated heterocycles. The summed E-state index contributed by atoms with van der Waals surface area (Å²) in [7, 11) is 0. The quantitative estimate of drug-likeness (QED) is 0.0559. The van der Waals surface area contributed by atoms with Gasteiger partial charge >= 0.3 is 23.9 Å². The van der Waals surface area contributed by atoms with Crippen molar-refractivity contribution in [3.63, 3.8) is 0 Å². The fourth-order valence-electron chi connectivity index (χ4n) is 4.44. The lowest BCUT2D eigenvalue weighted by Crippen LogP contribution is -2.52. The average Bonchev–Trinajstić information content (AvgIpc) is 3.03. The normalized spacial score (nSPS) is 13.1. The van der Waals surface area contributed by atoms with E-state index in [9.17, 15) is 24.0 Å². The molecule has 0 aliphatic carbocycles. The molecule has 0 heterocycles. The van der Waals surface area contributed by atoms with Gasteiger partial charge in [0.15, 0.2) is 0 Å². The first-order chi connectivity index (χ1) is 24.1. The number of nitrogens with zero attached hydrogens (tertiary/aromatic N) is 1. The van der Waals surface area contributed by atoms with Crippen LogP contribution in [0.5, 0.6) is 0 Å². The summed E-state index contributed by atoms with van der Waals surface area (Å²) in [6.45, 7) is 16.7. The number of ether oxygens (including phenoxy) is 1. The van der Waals surface area contributed by atoms with Gasteiger partial charge in [-0.15, -0.1) is 0 Å². The number of amides is 3. The molecule has 0 bridgehead atoms. The highest BCUT2D eigenvalue weighted by molar-refractivity contribution is 9.10. The SMILES string of the molecule is CC(C)(C)OOC(=O)CC[C@H](NC(=O)N[C@@H](CCCCN(Cc1ccc(Br)cc1)C(=O)CCCCCN)C(=O)OC(C)(C)C)C(=O)OOC(C)(C)C. The minimum Gasteiger partial charge on any atom is -0.458 e. The first-order valence-electron chi connectivity index (χ1n) is 17.9. The zero-order chi connectivity index (χ0) is 39.5. The highest BCUT2D eigenvalue weighted by atomic mass is 79.9. The molecule has 0 radical (unpaired) electrons. The van der Waals surface area contributed by atoms with Crippen LogP contribution in [0.4, 0.5) is 4.79 Å². The summed E-state index contributed by atoms with van der Waals surface area (Å²) in [6, 6.07) is 4.48. The molecule has 52 heavy (non-hydrogen) atoms. The number of nitrogens with one attached hydrogen (secondary N) is 2. The Morgan fingerprint density at radius 1 is 0.712 bits per heavy atom. The van der Waals surface area contributed by atoms with Crippen molar-refractivity contribution in [2.24, 2.45) is 5.73 Å². The van der Waals surface area contributed by atoms with Gasteiger partial charge in [-0.05, 0) is 125 Å². The minimum absolute atomic E-state index is 0.0309. The van der Waals surface area contributed by atoms with Crippen LogP contribution >= 0.6 is 15.9 Å². The fraction of sp³-hybridized carbons (Fsp3) is 0.703. The van der Waals surface area contributed by atoms with Crippen LogP contribution in [0.25, 0.3) is 0 Å². The summed E-state index contributed by atoms with van der Waals surface area (Å²) < 4.78 is 6.53. The molecule has 0 aliphatic rings. The predicted molar refractivity (Wildman–Crippen MR) is 199 cm³/mol. The van der Waals surface area contributed by atoms with Gasteiger partial charge in [0.05, 0.1) is 6.42 Å². The third kappa shape index (κ3) is 22.6. The Bertz CT molecular complexity index is 1270. The van der Waals surface area contributed by atoms with Crippen LogP contribution in [0.15, 0.2) is 28.7 Å². The van der Waals surface area contributed by atoms with Crippen molar-refractivity contribution in [1.82, 2.24) is 15.5 Å². The van der Waals surface area contributed by atoms with E-state index in [1.54, 1.807) is 62.3 Å². The van der Waals surface area contributed by atoms with Gasteiger partial charge < -0.3 is 26.0 Å². The van der Waals surface area contributed by atoms with Crippen molar-refractivity contribution >= 4 is 45.8 Å². The third-order valence-electron chi connectivity index (χ3n) is 6.89. The van der Waals surface area contributed by atoms with Crippen molar-refractivity contribution in [3.05, 3.63) is 34.3 Å². The number of nitrogens with two attached hydrogens (primary N) is 1. The number of halogens is 1. The van der Waals surface area contributed by atoms with E-state index in [1.165, 1.54) is 0 Å². The number of unbranched alkanes of at least 4 members (excludes halogenated alkanes) is 3. The number of hydrogen-bond donors (Lipinski definition) is 3. The molecule has 0 unspecified atom stereocenters. The number of rotatable bonds is 21. The van der Waals surface area contributed by atoms with E-state index in [0.717, 1.165) is 29.3 Å². The zero-order valence-corrected chi connectivity index (χ0v) is 34.0. The van der Waals surface area contributed by atoms with Gasteiger partial charge in [0.2, 0.25) is 5.91 Å². The molecule has 0 aromatic heterocycles. The summed E-state index contributed by atoms with van der Waals surface area (Å²) in [5.74, 6) is -2.35. The molecule has 0 saturated carbocycles. The largest absolute Gasteiger partial charge is 0.458 e. The molecule has 3 amide bonds. The van der Waals surface area contributed by atoms with Crippen molar-refractivity contribution < 1.29 is 48.3 Å². The Morgan fingerprint density at radius 3 is 1.85 bits per heavy atom. The summed E-state index contributed by atoms with van der Waals surface area (Å²) in [4.78, 5) is 86.7. The molecule has 1 aromatic rings. The van der Waals surface area contributed by atoms with Gasteiger partial charge in [0, 0.05) is 24.0 Å². The molecule has 14 nitrogen and oxygen atoms in total. The molecule has 296 valence electrons. The predicted octanol–water partition coefficient (Wildman–Crippen LogP) is 6.17. The molecule has 4 N–H and O–H groups in total. The summed E-state index contributed by atoms with van der Waals surface area (Å²) in [6.07, 6.45) is 3.58. The van der Waals surface area contributed by atoms with Crippen molar-refractivity contribution in [2.75, 3.05) is 13.1 Å². The summed E-state index contributed by atoms with van der Waals surface area (Å²) >= 11 is 3.45. The van der Waals surface area contributed by atoms with Gasteiger partial charge in [-0.2, -0.15) is 9.78 Å². The maximum Gasteiger partial charge on any atom is 0.364 e. The maximum atomic E-state index is 13.3. The van der Waals surface area contributed by atoms with E-state index >= 15 is 0 Å². The molecule has 1 rings (SSSR count). The van der Waals surface area contributed by atoms with E-state index < -0.39 is 52.8 Å². The smallest absolute Gasteiger partial charge is 0.364 e. The monoisotopic (exact) mass is 800 g/mol. The molecule has 0 aliphatic heterocycles. The Labute approximate surface area is 317 Å². The number of carbonyl (C=O) groups is 5. The first kappa shape index (κ1) is 46.8. The maximum absolute atomic E-state index is 13.3. The van der Waals surface area contributed by atoms with E-state index in [4.69, 9.17) is 30.0 Å². The lowest BCUT2D eigenvalue weighted by Gasteiger charge is -2.26. The number of esters is 1. The molecular weight excluding hydrogens is 740 g/mol. The molecule has 1 aromatic carbocycles. The van der Waals surface area contributed by atoms with Gasteiger partial charge in [0.1, 0.15) is 28.9 Å². The van der Waals surface area contributed by atoms with Crippen molar-refractivity contribution in [2.45, 2.75) is 156 Å². The average molecular weight is 802 g/mol. The number of carbonyl (C=O) groups excluding carboxylic acids is 5. The van der Waals surface area contributed by atoms with Crippen LogP contribution in [-0.4, -0.2) is 76.7 Å². The molecule has 0 fully saturated rings. The van der Waals surface area contributed by atoms with Gasteiger partial charge in [-0.1, -0.05) is 34.5 Å². The number of hydrogen-bond acceptors (Lipinski definition) is 11. The summed E-state index contributed by atoms with van der Waals surface area (Å²) in [5.41, 5.74) is 4.17. The Kier molecular flexibility index (Phi) is 20.4. The van der Waals surface area contributed by atoms with Gasteiger partial charge in [0.25, 0.3) is 0 Å². The lowest BCUT2D eigenvalue weighted by molar-refractivity contribution is -0.322. The second-order valence-corrected chi connectivity index (χ2v) is 16.5. The van der Waals surface area contributed by atoms with Crippen LogP contribution in [-0.2, 0) is 50.0 Å².